The van der Waals surface area contributed by atoms with E-state index < -0.39 is 5.54 Å². The first-order chi connectivity index (χ1) is 13.5. The topological polar surface area (TPSA) is 134 Å². The minimum atomic E-state index is -0.516. The Morgan fingerprint density at radius 1 is 1.43 bits per heavy atom. The molecular formula is C18H16N8OS. The number of aliphatic imine (C=N–C) groups is 1. The molecule has 1 atom stereocenters. The monoisotopic (exact) mass is 392 g/mol. The largest absolute Gasteiger partial charge is 0.379 e. The van der Waals surface area contributed by atoms with Crippen molar-refractivity contribution in [1.82, 2.24) is 19.4 Å². The zero-order chi connectivity index (χ0) is 19.7. The highest BCUT2D eigenvalue weighted by Gasteiger charge is 2.31. The summed E-state index contributed by atoms with van der Waals surface area (Å²) in [6, 6.07) is 5.47. The zero-order valence-corrected chi connectivity index (χ0v) is 15.8. The smallest absolute Gasteiger partial charge is 0.275 e. The summed E-state index contributed by atoms with van der Waals surface area (Å²) >= 11 is 1.53. The molecule has 0 radical (unpaired) electrons. The Labute approximate surface area is 164 Å². The highest BCUT2D eigenvalue weighted by molar-refractivity contribution is 8.13. The second kappa shape index (κ2) is 6.94. The molecule has 1 aliphatic heterocycles. The van der Waals surface area contributed by atoms with Gasteiger partial charge in [0, 0.05) is 30.0 Å². The molecule has 3 aromatic heterocycles. The quantitative estimate of drug-likeness (QED) is 0.695. The SMILES string of the molecule is C[C@@]1(c2cc(NC(=O)c3cn4cc(C#N)nc4cn3)ccn2)CCSC(N)=N1. The molecule has 0 saturated heterocycles. The zero-order valence-electron chi connectivity index (χ0n) is 15.0. The molecule has 0 bridgehead atoms. The first kappa shape index (κ1) is 17.9. The maximum Gasteiger partial charge on any atom is 0.275 e. The Balaban J connectivity index is 1.58. The van der Waals surface area contributed by atoms with Crippen molar-refractivity contribution >= 4 is 34.2 Å². The molecule has 1 amide bonds. The van der Waals surface area contributed by atoms with Crippen LogP contribution < -0.4 is 11.1 Å². The molecule has 4 heterocycles. The average molecular weight is 392 g/mol. The third-order valence-electron chi connectivity index (χ3n) is 4.45. The van der Waals surface area contributed by atoms with Gasteiger partial charge in [0.15, 0.2) is 16.5 Å². The number of amides is 1. The summed E-state index contributed by atoms with van der Waals surface area (Å²) in [5.74, 6) is 0.488. The number of anilines is 1. The predicted octanol–water partition coefficient (Wildman–Crippen LogP) is 1.92. The van der Waals surface area contributed by atoms with E-state index in [4.69, 9.17) is 11.0 Å². The van der Waals surface area contributed by atoms with Gasteiger partial charge in [-0.1, -0.05) is 11.8 Å². The van der Waals surface area contributed by atoms with Crippen LogP contribution in [0.2, 0.25) is 0 Å². The third-order valence-corrected chi connectivity index (χ3v) is 5.25. The van der Waals surface area contributed by atoms with E-state index in [0.717, 1.165) is 17.9 Å². The lowest BCUT2D eigenvalue weighted by Gasteiger charge is -2.28. The van der Waals surface area contributed by atoms with Gasteiger partial charge < -0.3 is 15.5 Å². The van der Waals surface area contributed by atoms with Crippen LogP contribution >= 0.6 is 11.8 Å². The van der Waals surface area contributed by atoms with Gasteiger partial charge >= 0.3 is 0 Å². The number of pyridine rings is 1. The maximum atomic E-state index is 12.6. The van der Waals surface area contributed by atoms with Gasteiger partial charge in [-0.2, -0.15) is 5.26 Å². The van der Waals surface area contributed by atoms with Crippen LogP contribution in [0, 0.1) is 11.3 Å². The van der Waals surface area contributed by atoms with Gasteiger partial charge in [-0.25, -0.2) is 15.0 Å². The summed E-state index contributed by atoms with van der Waals surface area (Å²) in [6.07, 6.45) is 6.97. The minimum absolute atomic E-state index is 0.204. The van der Waals surface area contributed by atoms with Gasteiger partial charge in [-0.3, -0.25) is 9.78 Å². The molecule has 28 heavy (non-hydrogen) atoms. The number of nitrogens with zero attached hydrogens (tertiary/aromatic N) is 6. The molecule has 0 aromatic carbocycles. The number of carbonyl (C=O) groups is 1. The first-order valence-corrected chi connectivity index (χ1v) is 9.46. The number of thioether (sulfide) groups is 1. The van der Waals surface area contributed by atoms with E-state index in [9.17, 15) is 4.79 Å². The van der Waals surface area contributed by atoms with E-state index >= 15 is 0 Å². The second-order valence-corrected chi connectivity index (χ2v) is 7.60. The highest BCUT2D eigenvalue weighted by atomic mass is 32.2. The Morgan fingerprint density at radius 2 is 2.29 bits per heavy atom. The van der Waals surface area contributed by atoms with Gasteiger partial charge in [0.05, 0.1) is 11.9 Å². The van der Waals surface area contributed by atoms with Crippen LogP contribution in [0.3, 0.4) is 0 Å². The Morgan fingerprint density at radius 3 is 3.07 bits per heavy atom. The molecule has 0 spiro atoms. The number of nitrogens with two attached hydrogens (primary N) is 1. The third kappa shape index (κ3) is 3.39. The number of hydrogen-bond acceptors (Lipinski definition) is 8. The number of nitriles is 1. The fourth-order valence-corrected chi connectivity index (χ4v) is 3.91. The second-order valence-electron chi connectivity index (χ2n) is 6.48. The lowest BCUT2D eigenvalue weighted by atomic mass is 9.94. The van der Waals surface area contributed by atoms with Crippen molar-refractivity contribution in [3.63, 3.8) is 0 Å². The number of aromatic nitrogens is 4. The Kier molecular flexibility index (Phi) is 4.44. The van der Waals surface area contributed by atoms with Gasteiger partial charge in [-0.05, 0) is 25.5 Å². The highest BCUT2D eigenvalue weighted by Crippen LogP contribution is 2.34. The van der Waals surface area contributed by atoms with Crippen molar-refractivity contribution in [2.45, 2.75) is 18.9 Å². The molecule has 0 saturated carbocycles. The van der Waals surface area contributed by atoms with Crippen LogP contribution in [0.1, 0.15) is 35.2 Å². The predicted molar refractivity (Wildman–Crippen MR) is 106 cm³/mol. The number of nitrogens with one attached hydrogen (secondary N) is 1. The van der Waals surface area contributed by atoms with Crippen molar-refractivity contribution in [1.29, 1.82) is 5.26 Å². The number of rotatable bonds is 3. The molecule has 10 heteroatoms. The molecule has 9 nitrogen and oxygen atoms in total. The van der Waals surface area contributed by atoms with Crippen molar-refractivity contribution in [3.05, 3.63) is 54.0 Å². The van der Waals surface area contributed by atoms with E-state index in [2.05, 4.69) is 25.3 Å². The number of carbonyl (C=O) groups excluding carboxylic acids is 1. The van der Waals surface area contributed by atoms with Crippen LogP contribution in [0.15, 0.2) is 41.9 Å². The van der Waals surface area contributed by atoms with E-state index in [1.54, 1.807) is 28.9 Å². The van der Waals surface area contributed by atoms with Gasteiger partial charge in [-0.15, -0.1) is 0 Å². The van der Waals surface area contributed by atoms with Gasteiger partial charge in [0.25, 0.3) is 5.91 Å². The summed E-state index contributed by atoms with van der Waals surface area (Å²) in [7, 11) is 0. The van der Waals surface area contributed by atoms with Gasteiger partial charge in [0.1, 0.15) is 17.3 Å². The van der Waals surface area contributed by atoms with Crippen LogP contribution in [0.4, 0.5) is 5.69 Å². The minimum Gasteiger partial charge on any atom is -0.379 e. The Hall–Kier alpha value is -3.45. The standard InChI is InChI=1S/C18H16N8OS/c1-18(3-5-28-17(20)25-18)14-6-11(2-4-21-14)24-16(27)13-10-26-9-12(7-19)23-15(26)8-22-13/h2,4,6,8-10H,3,5H2,1H3,(H2,20,25)(H,21,24,27)/t18-/m0/s1. The molecule has 3 aromatic rings. The fourth-order valence-electron chi connectivity index (χ4n) is 2.94. The normalized spacial score (nSPS) is 19.1. The Bertz CT molecular complexity index is 1150. The molecule has 3 N–H and O–H groups in total. The summed E-state index contributed by atoms with van der Waals surface area (Å²) in [5, 5.41) is 12.3. The van der Waals surface area contributed by atoms with Crippen LogP contribution in [-0.2, 0) is 5.54 Å². The number of imidazole rings is 1. The first-order valence-electron chi connectivity index (χ1n) is 8.48. The van der Waals surface area contributed by atoms with Gasteiger partial charge in [0.2, 0.25) is 0 Å². The lowest BCUT2D eigenvalue weighted by molar-refractivity contribution is 0.102. The number of amidine groups is 1. The molecular weight excluding hydrogens is 376 g/mol. The van der Waals surface area contributed by atoms with Crippen molar-refractivity contribution in [2.75, 3.05) is 11.1 Å². The molecule has 0 fully saturated rings. The lowest BCUT2D eigenvalue weighted by Crippen LogP contribution is -2.29. The summed E-state index contributed by atoms with van der Waals surface area (Å²) in [5.41, 5.74) is 7.66. The van der Waals surface area contributed by atoms with E-state index in [1.165, 1.54) is 24.2 Å². The van der Waals surface area contributed by atoms with Crippen LogP contribution in [0.5, 0.6) is 0 Å². The van der Waals surface area contributed by atoms with Crippen molar-refractivity contribution in [2.24, 2.45) is 10.7 Å². The maximum absolute atomic E-state index is 12.6. The summed E-state index contributed by atoms with van der Waals surface area (Å²) in [4.78, 5) is 29.8. The number of fused-ring (bicyclic) bond motifs is 1. The molecule has 1 aliphatic rings. The summed E-state index contributed by atoms with van der Waals surface area (Å²) < 4.78 is 1.59. The van der Waals surface area contributed by atoms with E-state index in [-0.39, 0.29) is 17.3 Å². The fraction of sp³-hybridized carbons (Fsp3) is 0.222. The molecule has 0 aliphatic carbocycles. The van der Waals surface area contributed by atoms with E-state index in [0.29, 0.717) is 16.5 Å². The summed E-state index contributed by atoms with van der Waals surface area (Å²) in [6.45, 7) is 1.98. The number of hydrogen-bond donors (Lipinski definition) is 2. The molecule has 140 valence electrons. The van der Waals surface area contributed by atoms with E-state index in [1.807, 2.05) is 13.0 Å². The van der Waals surface area contributed by atoms with Crippen LogP contribution in [-0.4, -0.2) is 36.2 Å². The van der Waals surface area contributed by atoms with Crippen molar-refractivity contribution < 1.29 is 4.79 Å². The van der Waals surface area contributed by atoms with Crippen LogP contribution in [0.25, 0.3) is 5.65 Å². The average Bonchev–Trinajstić information content (AvgIpc) is 3.10. The van der Waals surface area contributed by atoms with Crippen molar-refractivity contribution in [3.8, 4) is 6.07 Å². The molecule has 4 rings (SSSR count). The molecule has 0 unspecified atom stereocenters.